The molecule has 0 aliphatic carbocycles. The van der Waals surface area contributed by atoms with E-state index >= 15 is 0 Å². The Kier molecular flexibility index (Phi) is 8.77. The van der Waals surface area contributed by atoms with Crippen molar-refractivity contribution in [2.45, 2.75) is 60.9 Å². The van der Waals surface area contributed by atoms with Gasteiger partial charge in [0.15, 0.2) is 0 Å². The van der Waals surface area contributed by atoms with Gasteiger partial charge in [-0.15, -0.1) is 0 Å². The van der Waals surface area contributed by atoms with E-state index in [1.165, 1.54) is 16.0 Å². The lowest BCUT2D eigenvalue weighted by molar-refractivity contribution is -0.132. The summed E-state index contributed by atoms with van der Waals surface area (Å²) in [5.74, 6) is 0.547. The van der Waals surface area contributed by atoms with Gasteiger partial charge in [0.05, 0.1) is 11.6 Å². The lowest BCUT2D eigenvalue weighted by Gasteiger charge is -2.27. The van der Waals surface area contributed by atoms with Gasteiger partial charge in [-0.25, -0.2) is 4.79 Å². The first-order valence-electron chi connectivity index (χ1n) is 14.2. The maximum Gasteiger partial charge on any atom is 0.337 e. The van der Waals surface area contributed by atoms with Gasteiger partial charge in [-0.05, 0) is 99.4 Å². The standard InChI is InChI=1S/C36H42N2O3/c1-10-23(5)34(36(39)40)32(14-11-21(2)3)37-26(8)31-16-22(4)15-30-24(6)17-33(41-35(30)31)27-12-13-29-25(7)19-38(9)20-28(29)18-27/h11-18,20,26,37H,6,10,19H2,1-5,7-9H3,(H,39,40)/b32-14+,34-23+. The molecular formula is C36H42N2O3. The van der Waals surface area contributed by atoms with Gasteiger partial charge in [-0.1, -0.05) is 48.9 Å². The lowest BCUT2D eigenvalue weighted by Crippen LogP contribution is -2.36. The molecule has 2 heterocycles. The number of nitrogens with one attached hydrogen (secondary N) is 1. The number of ether oxygens (including phenoxy) is 1. The average molecular weight is 551 g/mol. The highest BCUT2D eigenvalue weighted by Crippen LogP contribution is 2.42. The highest BCUT2D eigenvalue weighted by molar-refractivity contribution is 5.92. The highest BCUT2D eigenvalue weighted by atomic mass is 16.5. The van der Waals surface area contributed by atoms with E-state index in [0.29, 0.717) is 17.7 Å². The SMILES string of the molecule is C=C1C=C(c2ccc3c(c2)=CN(C)CC=3C)Oc2c1cc(C)cc2C(C)NC(=C/C=C(C)C)/C(C(=O)O)=C(/C)CC. The van der Waals surface area contributed by atoms with Crippen LogP contribution in [0.2, 0.25) is 0 Å². The molecule has 0 saturated carbocycles. The number of aryl methyl sites for hydroxylation is 1. The third-order valence-corrected chi connectivity index (χ3v) is 7.63. The van der Waals surface area contributed by atoms with E-state index in [1.807, 2.05) is 52.8 Å². The molecule has 0 radical (unpaired) electrons. The third-order valence-electron chi connectivity index (χ3n) is 7.63. The van der Waals surface area contributed by atoms with Crippen LogP contribution in [-0.4, -0.2) is 29.6 Å². The van der Waals surface area contributed by atoms with Gasteiger partial charge in [0.2, 0.25) is 0 Å². The van der Waals surface area contributed by atoms with Gasteiger partial charge >= 0.3 is 5.97 Å². The van der Waals surface area contributed by atoms with E-state index in [0.717, 1.165) is 57.0 Å². The number of hydrogen-bond donors (Lipinski definition) is 2. The Labute approximate surface area is 244 Å². The molecule has 0 fully saturated rings. The van der Waals surface area contributed by atoms with Crippen molar-refractivity contribution in [2.75, 3.05) is 13.6 Å². The summed E-state index contributed by atoms with van der Waals surface area (Å²) in [5.41, 5.74) is 8.95. The van der Waals surface area contributed by atoms with Crippen LogP contribution < -0.4 is 20.5 Å². The van der Waals surface area contributed by atoms with Crippen LogP contribution in [0.5, 0.6) is 5.75 Å². The van der Waals surface area contributed by atoms with Gasteiger partial charge in [-0.3, -0.25) is 0 Å². The van der Waals surface area contributed by atoms with E-state index in [4.69, 9.17) is 4.74 Å². The molecule has 5 heteroatoms. The van der Waals surface area contributed by atoms with Crippen molar-refractivity contribution in [3.8, 4) is 5.75 Å². The fourth-order valence-electron chi connectivity index (χ4n) is 5.42. The highest BCUT2D eigenvalue weighted by Gasteiger charge is 2.25. The van der Waals surface area contributed by atoms with Crippen molar-refractivity contribution in [2.24, 2.45) is 0 Å². The summed E-state index contributed by atoms with van der Waals surface area (Å²) in [6, 6.07) is 10.4. The average Bonchev–Trinajstić information content (AvgIpc) is 2.90. The van der Waals surface area contributed by atoms with Crippen LogP contribution in [0, 0.1) is 6.92 Å². The molecule has 214 valence electrons. The number of carboxylic acid groups (broad SMARTS) is 1. The molecule has 5 nitrogen and oxygen atoms in total. The topological polar surface area (TPSA) is 61.8 Å². The number of nitrogens with zero attached hydrogens (tertiary/aromatic N) is 1. The molecule has 41 heavy (non-hydrogen) atoms. The maximum atomic E-state index is 12.4. The van der Waals surface area contributed by atoms with Crippen molar-refractivity contribution in [3.05, 3.63) is 110 Å². The van der Waals surface area contributed by atoms with Crippen molar-refractivity contribution in [3.63, 3.8) is 0 Å². The van der Waals surface area contributed by atoms with Crippen molar-refractivity contribution in [1.29, 1.82) is 0 Å². The zero-order chi connectivity index (χ0) is 30.0. The predicted octanol–water partition coefficient (Wildman–Crippen LogP) is 6.61. The Bertz CT molecular complexity index is 1660. The van der Waals surface area contributed by atoms with Crippen molar-refractivity contribution in [1.82, 2.24) is 10.2 Å². The van der Waals surface area contributed by atoms with E-state index in [9.17, 15) is 9.90 Å². The van der Waals surface area contributed by atoms with E-state index < -0.39 is 5.97 Å². The normalized spacial score (nSPS) is 16.0. The number of rotatable bonds is 8. The second-order valence-corrected chi connectivity index (χ2v) is 11.5. The number of hydrogen-bond acceptors (Lipinski definition) is 4. The number of fused-ring (bicyclic) bond motifs is 2. The second kappa shape index (κ2) is 12.1. The maximum absolute atomic E-state index is 12.4. The number of allylic oxidation sites excluding steroid dienone is 6. The molecule has 2 N–H and O–H groups in total. The van der Waals surface area contributed by atoms with Crippen molar-refractivity contribution < 1.29 is 14.6 Å². The number of aliphatic carboxylic acids is 1. The van der Waals surface area contributed by atoms with Crippen LogP contribution >= 0.6 is 0 Å². The molecule has 2 aromatic carbocycles. The first-order valence-corrected chi connectivity index (χ1v) is 14.2. The smallest absolute Gasteiger partial charge is 0.337 e. The number of benzene rings is 2. The van der Waals surface area contributed by atoms with Crippen molar-refractivity contribution >= 4 is 29.1 Å². The van der Waals surface area contributed by atoms with Crippen LogP contribution in [0.4, 0.5) is 0 Å². The molecule has 2 aliphatic rings. The molecule has 0 spiro atoms. The Morgan fingerprint density at radius 2 is 1.90 bits per heavy atom. The fraction of sp³-hybridized carbons (Fsp3) is 0.306. The summed E-state index contributed by atoms with van der Waals surface area (Å²) in [4.78, 5) is 14.6. The Hall–Kier alpha value is -4.25. The lowest BCUT2D eigenvalue weighted by atomic mass is 9.92. The van der Waals surface area contributed by atoms with Crippen LogP contribution in [-0.2, 0) is 4.79 Å². The third kappa shape index (κ3) is 6.40. The number of carbonyl (C=O) groups is 1. The summed E-state index contributed by atoms with van der Waals surface area (Å²) < 4.78 is 6.66. The molecule has 1 atom stereocenters. The summed E-state index contributed by atoms with van der Waals surface area (Å²) in [6.45, 7) is 19.4. The van der Waals surface area contributed by atoms with Crippen LogP contribution in [0.1, 0.15) is 76.3 Å². The summed E-state index contributed by atoms with van der Waals surface area (Å²) in [7, 11) is 2.09. The molecule has 4 rings (SSSR count). The zero-order valence-electron chi connectivity index (χ0n) is 25.6. The first kappa shape index (κ1) is 29.7. The molecule has 2 aromatic rings. The molecule has 0 aromatic heterocycles. The Morgan fingerprint density at radius 3 is 2.56 bits per heavy atom. The molecule has 0 amide bonds. The monoisotopic (exact) mass is 550 g/mol. The van der Waals surface area contributed by atoms with E-state index in [2.05, 4.69) is 74.2 Å². The van der Waals surface area contributed by atoms with Gasteiger partial charge in [0.25, 0.3) is 0 Å². The minimum Gasteiger partial charge on any atom is -0.478 e. The number of carboxylic acids is 1. The first-order chi connectivity index (χ1) is 19.4. The Morgan fingerprint density at radius 1 is 1.17 bits per heavy atom. The fourth-order valence-corrected chi connectivity index (χ4v) is 5.42. The van der Waals surface area contributed by atoms with E-state index in [1.54, 1.807) is 0 Å². The predicted molar refractivity (Wildman–Crippen MR) is 170 cm³/mol. The van der Waals surface area contributed by atoms with Gasteiger partial charge in [0, 0.05) is 42.2 Å². The van der Waals surface area contributed by atoms with Gasteiger partial charge < -0.3 is 20.1 Å². The summed E-state index contributed by atoms with van der Waals surface area (Å²) >= 11 is 0. The summed E-state index contributed by atoms with van der Waals surface area (Å²) in [6.07, 6.45) is 8.62. The van der Waals surface area contributed by atoms with Crippen LogP contribution in [0.15, 0.2) is 77.6 Å². The molecule has 2 aliphatic heterocycles. The second-order valence-electron chi connectivity index (χ2n) is 11.5. The molecule has 1 unspecified atom stereocenters. The molecule has 0 bridgehead atoms. The molecular weight excluding hydrogens is 508 g/mol. The quantitative estimate of drug-likeness (QED) is 0.286. The summed E-state index contributed by atoms with van der Waals surface area (Å²) in [5, 5.41) is 16.1. The van der Waals surface area contributed by atoms with Crippen LogP contribution in [0.3, 0.4) is 0 Å². The van der Waals surface area contributed by atoms with Gasteiger partial charge in [0.1, 0.15) is 11.5 Å². The van der Waals surface area contributed by atoms with E-state index in [-0.39, 0.29) is 6.04 Å². The largest absolute Gasteiger partial charge is 0.478 e. The minimum atomic E-state index is -0.944. The van der Waals surface area contributed by atoms with Gasteiger partial charge in [-0.2, -0.15) is 0 Å². The zero-order valence-corrected chi connectivity index (χ0v) is 25.6. The Balaban J connectivity index is 1.77. The minimum absolute atomic E-state index is 0.241. The molecule has 0 saturated heterocycles. The van der Waals surface area contributed by atoms with Crippen LogP contribution in [0.25, 0.3) is 23.1 Å².